The van der Waals surface area contributed by atoms with Gasteiger partial charge in [0.15, 0.2) is 0 Å². The zero-order chi connectivity index (χ0) is 10.0. The number of nitrogens with two attached hydrogens (primary N) is 1. The Morgan fingerprint density at radius 3 is 3.00 bits per heavy atom. The number of hydrogen-bond donors (Lipinski definition) is 1. The Morgan fingerprint density at radius 1 is 1.57 bits per heavy atom. The summed E-state index contributed by atoms with van der Waals surface area (Å²) in [4.78, 5) is 0. The van der Waals surface area contributed by atoms with E-state index in [1.54, 1.807) is 0 Å². The second-order valence-corrected chi connectivity index (χ2v) is 5.03. The molecule has 0 amide bonds. The van der Waals surface area contributed by atoms with Crippen LogP contribution in [0.2, 0.25) is 0 Å². The highest BCUT2D eigenvalue weighted by Crippen LogP contribution is 2.36. The van der Waals surface area contributed by atoms with Gasteiger partial charge in [0.1, 0.15) is 0 Å². The molecule has 4 nitrogen and oxygen atoms in total. The number of hydrogen-bond acceptors (Lipinski definition) is 5. The maximum absolute atomic E-state index is 5.51. The summed E-state index contributed by atoms with van der Waals surface area (Å²) in [6.45, 7) is 2.52. The lowest BCUT2D eigenvalue weighted by Crippen LogP contribution is -2.29. The van der Waals surface area contributed by atoms with Gasteiger partial charge in [-0.25, -0.2) is 0 Å². The molecule has 2 rings (SSSR count). The molecule has 1 unspecified atom stereocenters. The van der Waals surface area contributed by atoms with Gasteiger partial charge in [-0.1, -0.05) is 0 Å². The van der Waals surface area contributed by atoms with Crippen molar-refractivity contribution in [1.82, 2.24) is 10.2 Å². The van der Waals surface area contributed by atoms with Gasteiger partial charge in [-0.05, 0) is 25.5 Å². The van der Waals surface area contributed by atoms with Crippen molar-refractivity contribution in [2.45, 2.75) is 31.7 Å². The number of aromatic nitrogens is 2. The van der Waals surface area contributed by atoms with E-state index in [4.69, 9.17) is 10.2 Å². The van der Waals surface area contributed by atoms with E-state index >= 15 is 0 Å². The summed E-state index contributed by atoms with van der Waals surface area (Å²) in [5.41, 5.74) is 5.49. The van der Waals surface area contributed by atoms with Crippen LogP contribution in [0.25, 0.3) is 0 Å². The topological polar surface area (TPSA) is 64.9 Å². The highest BCUT2D eigenvalue weighted by Gasteiger charge is 2.34. The van der Waals surface area contributed by atoms with Crippen LogP contribution in [0.5, 0.6) is 0 Å². The molecule has 0 aromatic carbocycles. The summed E-state index contributed by atoms with van der Waals surface area (Å²) in [6.07, 6.45) is 2.35. The Labute approximate surface area is 87.6 Å². The van der Waals surface area contributed by atoms with E-state index in [1.165, 1.54) is 12.2 Å². The van der Waals surface area contributed by atoms with Gasteiger partial charge in [-0.15, -0.1) is 10.2 Å². The molecule has 1 aromatic rings. The lowest BCUT2D eigenvalue weighted by Gasteiger charge is -2.29. The monoisotopic (exact) mass is 213 g/mol. The Morgan fingerprint density at radius 2 is 2.43 bits per heavy atom. The summed E-state index contributed by atoms with van der Waals surface area (Å²) in [7, 11) is 0. The van der Waals surface area contributed by atoms with E-state index < -0.39 is 0 Å². The highest BCUT2D eigenvalue weighted by atomic mass is 32.2. The molecule has 1 aromatic heterocycles. The van der Waals surface area contributed by atoms with Gasteiger partial charge >= 0.3 is 0 Å². The Bertz CT molecular complexity index is 307. The van der Waals surface area contributed by atoms with E-state index in [-0.39, 0.29) is 5.41 Å². The average Bonchev–Trinajstić information content (AvgIpc) is 2.67. The molecule has 14 heavy (non-hydrogen) atoms. The molecule has 2 heterocycles. The van der Waals surface area contributed by atoms with Crippen LogP contribution in [0, 0.1) is 0 Å². The molecule has 1 aliphatic rings. The summed E-state index contributed by atoms with van der Waals surface area (Å²) in [5.74, 6) is 3.61. The molecule has 0 spiro atoms. The second kappa shape index (κ2) is 3.90. The lowest BCUT2D eigenvalue weighted by molar-refractivity contribution is 0.335. The Hall–Kier alpha value is -0.550. The lowest BCUT2D eigenvalue weighted by atomic mass is 9.87. The summed E-state index contributed by atoms with van der Waals surface area (Å²) in [6, 6.07) is 0. The first kappa shape index (κ1) is 9.98. The van der Waals surface area contributed by atoms with E-state index in [0.717, 1.165) is 18.1 Å². The smallest absolute Gasteiger partial charge is 0.230 e. The molecular weight excluding hydrogens is 198 g/mol. The molecular formula is C9H15N3OS. The molecule has 1 aliphatic heterocycles. The first-order valence-corrected chi connectivity index (χ1v) is 6.01. The van der Waals surface area contributed by atoms with Crippen molar-refractivity contribution in [2.24, 2.45) is 5.73 Å². The minimum Gasteiger partial charge on any atom is -0.423 e. The van der Waals surface area contributed by atoms with Crippen molar-refractivity contribution in [1.29, 1.82) is 0 Å². The maximum atomic E-state index is 5.51. The zero-order valence-electron chi connectivity index (χ0n) is 8.32. The van der Waals surface area contributed by atoms with Crippen LogP contribution < -0.4 is 5.73 Å². The second-order valence-electron chi connectivity index (χ2n) is 3.92. The van der Waals surface area contributed by atoms with E-state index in [1.807, 2.05) is 11.8 Å². The number of nitrogens with zero attached hydrogens (tertiary/aromatic N) is 2. The summed E-state index contributed by atoms with van der Waals surface area (Å²) in [5, 5.41) is 7.98. The highest BCUT2D eigenvalue weighted by molar-refractivity contribution is 7.99. The minimum absolute atomic E-state index is 0.0589. The van der Waals surface area contributed by atoms with Gasteiger partial charge in [0.25, 0.3) is 0 Å². The van der Waals surface area contributed by atoms with Crippen molar-refractivity contribution in [3.8, 4) is 0 Å². The summed E-state index contributed by atoms with van der Waals surface area (Å²) >= 11 is 1.95. The van der Waals surface area contributed by atoms with Gasteiger partial charge in [0.2, 0.25) is 11.8 Å². The SMILES string of the molecule is CC1(c2nnc(CN)o2)CCCSC1. The first-order valence-electron chi connectivity index (χ1n) is 4.85. The summed E-state index contributed by atoms with van der Waals surface area (Å²) < 4.78 is 5.51. The van der Waals surface area contributed by atoms with Gasteiger partial charge in [0, 0.05) is 5.75 Å². The maximum Gasteiger partial charge on any atom is 0.230 e. The Kier molecular flexibility index (Phi) is 2.78. The van der Waals surface area contributed by atoms with Crippen LogP contribution in [0.4, 0.5) is 0 Å². The number of rotatable bonds is 2. The van der Waals surface area contributed by atoms with Crippen molar-refractivity contribution < 1.29 is 4.42 Å². The molecule has 2 N–H and O–H groups in total. The predicted octanol–water partition coefficient (Wildman–Crippen LogP) is 1.31. The van der Waals surface area contributed by atoms with Crippen molar-refractivity contribution in [3.05, 3.63) is 11.8 Å². The third-order valence-corrected chi connectivity index (χ3v) is 4.01. The largest absolute Gasteiger partial charge is 0.423 e. The fraction of sp³-hybridized carbons (Fsp3) is 0.778. The zero-order valence-corrected chi connectivity index (χ0v) is 9.14. The molecule has 1 atom stereocenters. The predicted molar refractivity (Wildman–Crippen MR) is 56.1 cm³/mol. The molecule has 5 heteroatoms. The molecule has 0 aliphatic carbocycles. The van der Waals surface area contributed by atoms with Crippen LogP contribution in [0.1, 0.15) is 31.5 Å². The van der Waals surface area contributed by atoms with Gasteiger partial charge in [-0.2, -0.15) is 11.8 Å². The third-order valence-electron chi connectivity index (χ3n) is 2.60. The first-order chi connectivity index (χ1) is 6.74. The third kappa shape index (κ3) is 1.79. The van der Waals surface area contributed by atoms with Crippen LogP contribution in [0.3, 0.4) is 0 Å². The normalized spacial score (nSPS) is 27.9. The Balaban J connectivity index is 2.19. The molecule has 0 bridgehead atoms. The quantitative estimate of drug-likeness (QED) is 0.802. The molecule has 1 saturated heterocycles. The standard InChI is InChI=1S/C9H15N3OS/c1-9(3-2-4-14-6-9)8-12-11-7(5-10)13-8/h2-6,10H2,1H3. The van der Waals surface area contributed by atoms with Gasteiger partial charge in [0.05, 0.1) is 12.0 Å². The molecule has 0 radical (unpaired) electrons. The van der Waals surface area contributed by atoms with E-state index in [0.29, 0.717) is 12.4 Å². The van der Waals surface area contributed by atoms with Crippen LogP contribution >= 0.6 is 11.8 Å². The van der Waals surface area contributed by atoms with Crippen molar-refractivity contribution in [2.75, 3.05) is 11.5 Å². The number of thioether (sulfide) groups is 1. The van der Waals surface area contributed by atoms with Gasteiger partial charge < -0.3 is 10.2 Å². The van der Waals surface area contributed by atoms with Crippen LogP contribution in [-0.4, -0.2) is 21.7 Å². The molecule has 1 fully saturated rings. The van der Waals surface area contributed by atoms with Crippen LogP contribution in [0.15, 0.2) is 4.42 Å². The molecule has 0 saturated carbocycles. The fourth-order valence-electron chi connectivity index (χ4n) is 1.68. The van der Waals surface area contributed by atoms with E-state index in [2.05, 4.69) is 17.1 Å². The molecule has 78 valence electrons. The van der Waals surface area contributed by atoms with Gasteiger partial charge in [-0.3, -0.25) is 0 Å². The van der Waals surface area contributed by atoms with Crippen LogP contribution in [-0.2, 0) is 12.0 Å². The van der Waals surface area contributed by atoms with E-state index in [9.17, 15) is 0 Å². The minimum atomic E-state index is 0.0589. The van der Waals surface area contributed by atoms with Crippen molar-refractivity contribution in [3.63, 3.8) is 0 Å². The fourth-order valence-corrected chi connectivity index (χ4v) is 2.89. The van der Waals surface area contributed by atoms with Crippen molar-refractivity contribution >= 4 is 11.8 Å². The average molecular weight is 213 g/mol.